The second-order valence-corrected chi connectivity index (χ2v) is 6.33. The molecular formula is C21H12F3N5O. The first kappa shape index (κ1) is 19.1. The van der Waals surface area contributed by atoms with Crippen LogP contribution in [0, 0.1) is 11.3 Å². The molecule has 2 aromatic carbocycles. The van der Waals surface area contributed by atoms with E-state index in [4.69, 9.17) is 5.26 Å². The molecule has 4 aromatic rings. The number of carbonyl (C=O) groups excluding carboxylic acids is 1. The van der Waals surface area contributed by atoms with E-state index < -0.39 is 17.8 Å². The number of nitrogens with one attached hydrogen (secondary N) is 1. The Bertz CT molecular complexity index is 1270. The van der Waals surface area contributed by atoms with Crippen LogP contribution in [0.3, 0.4) is 0 Å². The Hall–Kier alpha value is -4.19. The van der Waals surface area contributed by atoms with Gasteiger partial charge in [-0.15, -0.1) is 0 Å². The molecule has 2 aromatic heterocycles. The number of nitrogens with zero attached hydrogens (tertiary/aromatic N) is 4. The first-order valence-electron chi connectivity index (χ1n) is 8.70. The van der Waals surface area contributed by atoms with Gasteiger partial charge in [0.2, 0.25) is 0 Å². The molecule has 148 valence electrons. The Labute approximate surface area is 168 Å². The topological polar surface area (TPSA) is 83.1 Å². The average molecular weight is 407 g/mol. The van der Waals surface area contributed by atoms with E-state index in [1.165, 1.54) is 30.3 Å². The molecular weight excluding hydrogens is 395 g/mol. The molecule has 0 fully saturated rings. The van der Waals surface area contributed by atoms with E-state index in [2.05, 4.69) is 15.4 Å². The van der Waals surface area contributed by atoms with Crippen molar-refractivity contribution < 1.29 is 18.0 Å². The van der Waals surface area contributed by atoms with Gasteiger partial charge >= 0.3 is 6.18 Å². The summed E-state index contributed by atoms with van der Waals surface area (Å²) < 4.78 is 41.5. The third-order valence-corrected chi connectivity index (χ3v) is 4.29. The zero-order valence-electron chi connectivity index (χ0n) is 15.2. The largest absolute Gasteiger partial charge is 0.433 e. The molecule has 6 nitrogen and oxygen atoms in total. The van der Waals surface area contributed by atoms with Crippen molar-refractivity contribution in [1.82, 2.24) is 14.6 Å². The van der Waals surface area contributed by atoms with Crippen molar-refractivity contribution in [2.24, 2.45) is 0 Å². The maximum atomic E-state index is 13.6. The van der Waals surface area contributed by atoms with Gasteiger partial charge in [0.1, 0.15) is 0 Å². The lowest BCUT2D eigenvalue weighted by molar-refractivity contribution is -0.142. The van der Waals surface area contributed by atoms with Crippen molar-refractivity contribution in [3.05, 3.63) is 83.7 Å². The van der Waals surface area contributed by atoms with Gasteiger partial charge in [0.25, 0.3) is 5.91 Å². The summed E-state index contributed by atoms with van der Waals surface area (Å²) in [6.07, 6.45) is -4.70. The van der Waals surface area contributed by atoms with E-state index in [0.717, 1.165) is 6.07 Å². The number of amides is 1. The number of hydrogen-bond donors (Lipinski definition) is 1. The van der Waals surface area contributed by atoms with Gasteiger partial charge in [-0.2, -0.15) is 23.5 Å². The van der Waals surface area contributed by atoms with Gasteiger partial charge in [0.05, 0.1) is 17.3 Å². The van der Waals surface area contributed by atoms with Crippen molar-refractivity contribution >= 4 is 17.2 Å². The first-order chi connectivity index (χ1) is 14.3. The quantitative estimate of drug-likeness (QED) is 0.541. The number of rotatable bonds is 3. The molecule has 2 heterocycles. The molecule has 0 aliphatic carbocycles. The second-order valence-electron chi connectivity index (χ2n) is 6.33. The Morgan fingerprint density at radius 2 is 1.73 bits per heavy atom. The van der Waals surface area contributed by atoms with Crippen molar-refractivity contribution in [2.75, 3.05) is 5.32 Å². The van der Waals surface area contributed by atoms with Gasteiger partial charge < -0.3 is 5.32 Å². The summed E-state index contributed by atoms with van der Waals surface area (Å²) in [6.45, 7) is 0. The summed E-state index contributed by atoms with van der Waals surface area (Å²) in [6, 6.07) is 18.5. The zero-order valence-corrected chi connectivity index (χ0v) is 15.2. The number of aromatic nitrogens is 3. The van der Waals surface area contributed by atoms with Gasteiger partial charge in [0, 0.05) is 17.3 Å². The number of nitriles is 1. The second kappa shape index (κ2) is 7.33. The van der Waals surface area contributed by atoms with Crippen molar-refractivity contribution in [2.45, 2.75) is 6.18 Å². The van der Waals surface area contributed by atoms with Crippen LogP contribution < -0.4 is 5.32 Å². The van der Waals surface area contributed by atoms with Gasteiger partial charge in [-0.3, -0.25) is 4.79 Å². The molecule has 1 N–H and O–H groups in total. The van der Waals surface area contributed by atoms with E-state index >= 15 is 0 Å². The number of benzene rings is 2. The highest BCUT2D eigenvalue weighted by Gasteiger charge is 2.35. The Balaban J connectivity index is 1.75. The fraction of sp³-hybridized carbons (Fsp3) is 0.0476. The maximum Gasteiger partial charge on any atom is 0.433 e. The van der Waals surface area contributed by atoms with Crippen molar-refractivity contribution in [3.63, 3.8) is 0 Å². The number of hydrogen-bond acceptors (Lipinski definition) is 4. The number of anilines is 1. The SMILES string of the molecule is N#Cc1ccc(NC(=O)c2cc3nc(-c4ccccc4)cc(C(F)(F)F)n3n2)cc1. The summed E-state index contributed by atoms with van der Waals surface area (Å²) >= 11 is 0. The van der Waals surface area contributed by atoms with Crippen molar-refractivity contribution in [3.8, 4) is 17.3 Å². The van der Waals surface area contributed by atoms with Gasteiger partial charge in [0.15, 0.2) is 17.0 Å². The predicted octanol–water partition coefficient (Wildman–Crippen LogP) is 4.54. The van der Waals surface area contributed by atoms with Crippen LogP contribution in [0.5, 0.6) is 0 Å². The lowest BCUT2D eigenvalue weighted by Gasteiger charge is -2.10. The van der Waals surface area contributed by atoms with Gasteiger partial charge in [-0.1, -0.05) is 30.3 Å². The van der Waals surface area contributed by atoms with Gasteiger partial charge in [-0.25, -0.2) is 9.50 Å². The van der Waals surface area contributed by atoms with Crippen LogP contribution in [-0.4, -0.2) is 20.5 Å². The monoisotopic (exact) mass is 407 g/mol. The number of fused-ring (bicyclic) bond motifs is 1. The molecule has 0 unspecified atom stereocenters. The number of carbonyl (C=O) groups is 1. The van der Waals surface area contributed by atoms with Crippen LogP contribution in [0.25, 0.3) is 16.9 Å². The van der Waals surface area contributed by atoms with Crippen LogP contribution in [0.4, 0.5) is 18.9 Å². The fourth-order valence-corrected chi connectivity index (χ4v) is 2.87. The van der Waals surface area contributed by atoms with Crippen LogP contribution in [-0.2, 0) is 6.18 Å². The molecule has 30 heavy (non-hydrogen) atoms. The summed E-state index contributed by atoms with van der Waals surface area (Å²) in [7, 11) is 0. The summed E-state index contributed by atoms with van der Waals surface area (Å²) in [4.78, 5) is 16.7. The minimum atomic E-state index is -4.70. The fourth-order valence-electron chi connectivity index (χ4n) is 2.87. The Morgan fingerprint density at radius 3 is 2.37 bits per heavy atom. The molecule has 1 amide bonds. The molecule has 0 saturated carbocycles. The smallest absolute Gasteiger partial charge is 0.321 e. The normalized spacial score (nSPS) is 11.3. The van der Waals surface area contributed by atoms with Crippen LogP contribution in [0.1, 0.15) is 21.7 Å². The van der Waals surface area contributed by atoms with E-state index in [1.807, 2.05) is 6.07 Å². The zero-order chi connectivity index (χ0) is 21.3. The summed E-state index contributed by atoms with van der Waals surface area (Å²) in [5.41, 5.74) is 0.0582. The first-order valence-corrected chi connectivity index (χ1v) is 8.70. The molecule has 9 heteroatoms. The highest BCUT2D eigenvalue weighted by Crippen LogP contribution is 2.32. The molecule has 0 atom stereocenters. The van der Waals surface area contributed by atoms with Gasteiger partial charge in [-0.05, 0) is 30.3 Å². The number of alkyl halides is 3. The Kier molecular flexibility index (Phi) is 4.68. The van der Waals surface area contributed by atoms with E-state index in [9.17, 15) is 18.0 Å². The predicted molar refractivity (Wildman–Crippen MR) is 103 cm³/mol. The lowest BCUT2D eigenvalue weighted by atomic mass is 10.1. The highest BCUT2D eigenvalue weighted by atomic mass is 19.4. The average Bonchev–Trinajstić information content (AvgIpc) is 3.18. The van der Waals surface area contributed by atoms with Crippen molar-refractivity contribution in [1.29, 1.82) is 5.26 Å². The van der Waals surface area contributed by atoms with Crippen LogP contribution in [0.2, 0.25) is 0 Å². The standard InChI is InChI=1S/C21H12F3N5O/c22-21(23,24)18-10-16(14-4-2-1-3-5-14)27-19-11-17(28-29(18)19)20(30)26-15-8-6-13(12-25)7-9-15/h1-11H,(H,26,30). The molecule has 0 bridgehead atoms. The third-order valence-electron chi connectivity index (χ3n) is 4.29. The minimum Gasteiger partial charge on any atom is -0.321 e. The lowest BCUT2D eigenvalue weighted by Crippen LogP contribution is -2.15. The highest BCUT2D eigenvalue weighted by molar-refractivity contribution is 6.03. The maximum absolute atomic E-state index is 13.6. The van der Waals surface area contributed by atoms with E-state index in [0.29, 0.717) is 21.3 Å². The molecule has 0 aliphatic rings. The summed E-state index contributed by atoms with van der Waals surface area (Å²) in [5, 5.41) is 15.2. The molecule has 0 spiro atoms. The molecule has 0 radical (unpaired) electrons. The van der Waals surface area contributed by atoms with E-state index in [-0.39, 0.29) is 17.0 Å². The number of halogens is 3. The third kappa shape index (κ3) is 3.71. The Morgan fingerprint density at radius 1 is 1.03 bits per heavy atom. The molecule has 4 rings (SSSR count). The molecule has 0 saturated heterocycles. The van der Waals surface area contributed by atoms with E-state index in [1.54, 1.807) is 30.3 Å². The minimum absolute atomic E-state index is 0.103. The van der Waals surface area contributed by atoms with Crippen LogP contribution in [0.15, 0.2) is 66.7 Å². The van der Waals surface area contributed by atoms with Crippen LogP contribution >= 0.6 is 0 Å². The summed E-state index contributed by atoms with van der Waals surface area (Å²) in [5.74, 6) is -0.695. The molecule has 0 aliphatic heterocycles.